The largest absolute Gasteiger partial charge is 0.394 e. The van der Waals surface area contributed by atoms with Crippen LogP contribution in [0.25, 0.3) is 0 Å². The van der Waals surface area contributed by atoms with Crippen LogP contribution < -0.4 is 5.32 Å². The van der Waals surface area contributed by atoms with E-state index in [2.05, 4.69) is 67.8 Å². The van der Waals surface area contributed by atoms with Gasteiger partial charge in [0.2, 0.25) is 5.91 Å². The Morgan fingerprint density at radius 3 is 0.986 bits per heavy atom. The first-order chi connectivity index (χ1) is 34.5. The van der Waals surface area contributed by atoms with Crippen LogP contribution in [0.2, 0.25) is 0 Å². The Balaban J connectivity index is 3.66. The second-order valence-electron chi connectivity index (χ2n) is 21.4. The lowest BCUT2D eigenvalue weighted by Crippen LogP contribution is -2.53. The number of aliphatic hydroxyl groups excluding tert-OH is 4. The van der Waals surface area contributed by atoms with Crippen molar-refractivity contribution in [1.82, 2.24) is 5.32 Å². The maximum Gasteiger partial charge on any atom is 0.249 e. The van der Waals surface area contributed by atoms with Gasteiger partial charge in [0, 0.05) is 0 Å². The normalized spacial score (nSPS) is 14.0. The molecule has 0 aromatic heterocycles. The molecule has 0 aliphatic carbocycles. The molecule has 0 aromatic rings. The van der Waals surface area contributed by atoms with Gasteiger partial charge < -0.3 is 25.7 Å². The summed E-state index contributed by atoms with van der Waals surface area (Å²) in [6.07, 6.45) is 74.9. The van der Waals surface area contributed by atoms with Crippen LogP contribution in [0.3, 0.4) is 0 Å². The van der Waals surface area contributed by atoms with Gasteiger partial charge in [0.15, 0.2) is 0 Å². The second kappa shape index (κ2) is 58.2. The highest BCUT2D eigenvalue weighted by Gasteiger charge is 2.28. The summed E-state index contributed by atoms with van der Waals surface area (Å²) in [5, 5.41) is 44.1. The van der Waals surface area contributed by atoms with Gasteiger partial charge in [-0.1, -0.05) is 287 Å². The van der Waals surface area contributed by atoms with Crippen LogP contribution in [0.15, 0.2) is 48.6 Å². The van der Waals surface area contributed by atoms with Crippen molar-refractivity contribution in [2.75, 3.05) is 6.61 Å². The Kier molecular flexibility index (Phi) is 56.7. The number of hydrogen-bond acceptors (Lipinski definition) is 5. The smallest absolute Gasteiger partial charge is 0.249 e. The summed E-state index contributed by atoms with van der Waals surface area (Å²) in [6, 6.07) is -1.01. The average Bonchev–Trinajstić information content (AvgIpc) is 3.36. The van der Waals surface area contributed by atoms with Crippen LogP contribution in [0.1, 0.15) is 322 Å². The second-order valence-corrected chi connectivity index (χ2v) is 21.4. The molecule has 0 aliphatic heterocycles. The number of nitrogens with one attached hydrogen (secondary N) is 1. The SMILES string of the molecule is CCCCCCCCCCC/C=C\C/C=C\CCCCCCCCCCCCCCC(O)C(=O)NC(CO)C(O)C(O)CCC/C=C/CC/C=C/CCCCCCCCCCCCCCCCCCC. The molecule has 412 valence electrons. The first kappa shape index (κ1) is 68.3. The molecule has 0 bridgehead atoms. The number of allylic oxidation sites excluding steroid dienone is 8. The topological polar surface area (TPSA) is 110 Å². The Labute approximate surface area is 436 Å². The van der Waals surface area contributed by atoms with E-state index in [1.54, 1.807) is 0 Å². The Bertz CT molecular complexity index is 1150. The summed E-state index contributed by atoms with van der Waals surface area (Å²) in [5.41, 5.74) is 0. The molecule has 4 atom stereocenters. The van der Waals surface area contributed by atoms with Crippen molar-refractivity contribution < 1.29 is 25.2 Å². The monoisotopic (exact) mass is 984 g/mol. The number of rotatable bonds is 57. The summed E-state index contributed by atoms with van der Waals surface area (Å²) in [5.74, 6) is -0.596. The number of carbonyl (C=O) groups excluding carboxylic acids is 1. The number of aliphatic hydroxyl groups is 4. The van der Waals surface area contributed by atoms with Gasteiger partial charge in [-0.25, -0.2) is 0 Å². The van der Waals surface area contributed by atoms with Gasteiger partial charge in [0.25, 0.3) is 0 Å². The minimum Gasteiger partial charge on any atom is -0.394 e. The molecule has 0 aliphatic rings. The lowest BCUT2D eigenvalue weighted by Gasteiger charge is -2.27. The predicted molar refractivity (Wildman–Crippen MR) is 307 cm³/mol. The zero-order chi connectivity index (χ0) is 50.9. The fourth-order valence-corrected chi connectivity index (χ4v) is 9.63. The Morgan fingerprint density at radius 1 is 0.357 bits per heavy atom. The van der Waals surface area contributed by atoms with Gasteiger partial charge in [-0.05, 0) is 83.5 Å². The minimum atomic E-state index is -1.29. The molecule has 70 heavy (non-hydrogen) atoms. The van der Waals surface area contributed by atoms with E-state index in [4.69, 9.17) is 0 Å². The standard InChI is InChI=1S/C64H121NO5/c1-3-5-7-9-11-13-15-17-19-21-23-25-27-29-31-32-34-36-38-40-42-44-46-48-50-52-54-56-58-62(68)64(70)65-60(59-66)63(69)61(67)57-55-53-51-49-47-45-43-41-39-37-35-33-30-28-26-24-22-20-18-16-14-12-10-8-6-4-2/h23,25,29,31,41,43,49,51,60-63,66-69H,3-22,24,26-28,30,32-40,42,44-48,50,52-59H2,1-2H3,(H,65,70)/b25-23-,31-29-,43-41+,51-49+. The van der Waals surface area contributed by atoms with E-state index in [-0.39, 0.29) is 0 Å². The number of amides is 1. The molecule has 0 radical (unpaired) electrons. The van der Waals surface area contributed by atoms with Crippen molar-refractivity contribution in [3.63, 3.8) is 0 Å². The van der Waals surface area contributed by atoms with Crippen LogP contribution in [0, 0.1) is 0 Å². The highest BCUT2D eigenvalue weighted by atomic mass is 16.3. The summed E-state index contributed by atoms with van der Waals surface area (Å²) >= 11 is 0. The van der Waals surface area contributed by atoms with Gasteiger partial charge in [0.05, 0.1) is 18.8 Å². The Hall–Kier alpha value is -1.73. The summed E-state index contributed by atoms with van der Waals surface area (Å²) in [7, 11) is 0. The van der Waals surface area contributed by atoms with Crippen molar-refractivity contribution in [2.24, 2.45) is 0 Å². The quantitative estimate of drug-likeness (QED) is 0.0308. The molecule has 0 aromatic carbocycles. The van der Waals surface area contributed by atoms with E-state index < -0.39 is 36.9 Å². The van der Waals surface area contributed by atoms with Crippen LogP contribution >= 0.6 is 0 Å². The first-order valence-corrected chi connectivity index (χ1v) is 31.0. The third kappa shape index (κ3) is 51.2. The molecule has 1 amide bonds. The van der Waals surface area contributed by atoms with Gasteiger partial charge in [-0.15, -0.1) is 0 Å². The number of carbonyl (C=O) groups is 1. The third-order valence-electron chi connectivity index (χ3n) is 14.5. The summed E-state index contributed by atoms with van der Waals surface area (Å²) in [4.78, 5) is 12.6. The van der Waals surface area contributed by atoms with Crippen LogP contribution in [0.4, 0.5) is 0 Å². The van der Waals surface area contributed by atoms with Crippen LogP contribution in [0.5, 0.6) is 0 Å². The molecule has 0 heterocycles. The van der Waals surface area contributed by atoms with E-state index in [0.29, 0.717) is 19.3 Å². The maximum atomic E-state index is 12.6. The molecule has 0 saturated carbocycles. The average molecular weight is 985 g/mol. The fraction of sp³-hybridized carbons (Fsp3) is 0.859. The molecule has 0 rings (SSSR count). The Morgan fingerprint density at radius 2 is 0.643 bits per heavy atom. The van der Waals surface area contributed by atoms with Gasteiger partial charge in [-0.2, -0.15) is 0 Å². The van der Waals surface area contributed by atoms with Crippen molar-refractivity contribution in [3.05, 3.63) is 48.6 Å². The van der Waals surface area contributed by atoms with E-state index in [1.165, 1.54) is 244 Å². The number of unbranched alkanes of at least 4 members (excludes halogenated alkanes) is 40. The van der Waals surface area contributed by atoms with E-state index in [9.17, 15) is 25.2 Å². The minimum absolute atomic E-state index is 0.358. The molecule has 0 fully saturated rings. The van der Waals surface area contributed by atoms with Crippen molar-refractivity contribution in [1.29, 1.82) is 0 Å². The lowest BCUT2D eigenvalue weighted by molar-refractivity contribution is -0.132. The van der Waals surface area contributed by atoms with E-state index in [0.717, 1.165) is 44.9 Å². The number of hydrogen-bond donors (Lipinski definition) is 5. The van der Waals surface area contributed by atoms with E-state index >= 15 is 0 Å². The lowest BCUT2D eigenvalue weighted by atomic mass is 10.00. The van der Waals surface area contributed by atoms with Gasteiger partial charge in [0.1, 0.15) is 12.2 Å². The molecular formula is C64H121NO5. The van der Waals surface area contributed by atoms with Crippen molar-refractivity contribution in [3.8, 4) is 0 Å². The predicted octanol–water partition coefficient (Wildman–Crippen LogP) is 18.5. The first-order valence-electron chi connectivity index (χ1n) is 31.0. The summed E-state index contributed by atoms with van der Waals surface area (Å²) < 4.78 is 0. The van der Waals surface area contributed by atoms with E-state index in [1.807, 2.05) is 0 Å². The van der Waals surface area contributed by atoms with Crippen LogP contribution in [-0.2, 0) is 4.79 Å². The molecule has 5 N–H and O–H groups in total. The highest BCUT2D eigenvalue weighted by Crippen LogP contribution is 2.17. The van der Waals surface area contributed by atoms with Gasteiger partial charge >= 0.3 is 0 Å². The van der Waals surface area contributed by atoms with Crippen molar-refractivity contribution >= 4 is 5.91 Å². The molecule has 0 spiro atoms. The molecule has 4 unspecified atom stereocenters. The fourth-order valence-electron chi connectivity index (χ4n) is 9.63. The molecular weight excluding hydrogens is 863 g/mol. The zero-order valence-electron chi connectivity index (χ0n) is 46.8. The molecule has 6 nitrogen and oxygen atoms in total. The van der Waals surface area contributed by atoms with Crippen molar-refractivity contribution in [2.45, 2.75) is 346 Å². The maximum absolute atomic E-state index is 12.6. The van der Waals surface area contributed by atoms with Crippen LogP contribution in [-0.4, -0.2) is 57.3 Å². The summed E-state index contributed by atoms with van der Waals surface area (Å²) in [6.45, 7) is 4.07. The molecule has 6 heteroatoms. The van der Waals surface area contributed by atoms with Gasteiger partial charge in [-0.3, -0.25) is 4.79 Å². The highest BCUT2D eigenvalue weighted by molar-refractivity contribution is 5.80. The third-order valence-corrected chi connectivity index (χ3v) is 14.5. The molecule has 0 saturated heterocycles. The zero-order valence-corrected chi connectivity index (χ0v) is 46.8.